The Hall–Kier alpha value is -2.08. The van der Waals surface area contributed by atoms with Crippen LogP contribution in [-0.2, 0) is 5.41 Å². The number of hydrogen-bond acceptors (Lipinski definition) is 4. The highest BCUT2D eigenvalue weighted by atomic mass is 32.1. The van der Waals surface area contributed by atoms with Crippen LogP contribution >= 0.6 is 11.3 Å². The second-order valence-electron chi connectivity index (χ2n) is 5.91. The summed E-state index contributed by atoms with van der Waals surface area (Å²) < 4.78 is 32.8. The molecule has 0 aliphatic carbocycles. The second kappa shape index (κ2) is 5.28. The van der Waals surface area contributed by atoms with E-state index in [0.717, 1.165) is 21.8 Å². The van der Waals surface area contributed by atoms with Gasteiger partial charge in [-0.2, -0.15) is 0 Å². The zero-order valence-electron chi connectivity index (χ0n) is 12.4. The molecule has 0 bridgehead atoms. The van der Waals surface area contributed by atoms with E-state index in [0.29, 0.717) is 5.39 Å². The summed E-state index contributed by atoms with van der Waals surface area (Å²) in [4.78, 5) is 10.0. The Morgan fingerprint density at radius 3 is 2.41 bits per heavy atom. The first kappa shape index (κ1) is 14.8. The molecule has 114 valence electrons. The number of rotatable bonds is 2. The van der Waals surface area contributed by atoms with Gasteiger partial charge in [0.1, 0.15) is 11.2 Å². The number of aromatic nitrogens is 2. The maximum absolute atomic E-state index is 13.7. The van der Waals surface area contributed by atoms with Crippen molar-refractivity contribution < 1.29 is 13.5 Å². The lowest BCUT2D eigenvalue weighted by molar-refractivity contribution is 0.399. The van der Waals surface area contributed by atoms with Gasteiger partial charge in [-0.15, -0.1) is 11.3 Å². The van der Waals surface area contributed by atoms with Crippen LogP contribution in [0.4, 0.5) is 8.78 Å². The van der Waals surface area contributed by atoms with Crippen LogP contribution in [0.5, 0.6) is 11.6 Å². The van der Waals surface area contributed by atoms with Crippen molar-refractivity contribution in [1.82, 2.24) is 9.97 Å². The molecule has 6 heteroatoms. The largest absolute Gasteiger partial charge is 0.432 e. The molecule has 3 aromatic rings. The van der Waals surface area contributed by atoms with E-state index in [2.05, 4.69) is 30.7 Å². The van der Waals surface area contributed by atoms with Crippen molar-refractivity contribution >= 4 is 21.6 Å². The van der Waals surface area contributed by atoms with Gasteiger partial charge in [-0.25, -0.2) is 18.7 Å². The summed E-state index contributed by atoms with van der Waals surface area (Å²) in [5.74, 6) is -1.83. The van der Waals surface area contributed by atoms with Crippen LogP contribution in [0.1, 0.15) is 25.6 Å². The van der Waals surface area contributed by atoms with Crippen molar-refractivity contribution in [2.45, 2.75) is 26.2 Å². The monoisotopic (exact) mass is 320 g/mol. The number of thiophene rings is 1. The van der Waals surface area contributed by atoms with Crippen molar-refractivity contribution in [2.24, 2.45) is 0 Å². The predicted octanol–water partition coefficient (Wildman–Crippen LogP) is 5.06. The van der Waals surface area contributed by atoms with Gasteiger partial charge in [0.15, 0.2) is 11.6 Å². The van der Waals surface area contributed by atoms with E-state index in [1.54, 1.807) is 0 Å². The minimum absolute atomic E-state index is 0.0497. The Balaban J connectivity index is 2.10. The van der Waals surface area contributed by atoms with E-state index >= 15 is 0 Å². The maximum Gasteiger partial charge on any atom is 0.231 e. The van der Waals surface area contributed by atoms with Crippen molar-refractivity contribution in [3.63, 3.8) is 0 Å². The Labute approximate surface area is 130 Å². The average Bonchev–Trinajstić information content (AvgIpc) is 2.88. The smallest absolute Gasteiger partial charge is 0.231 e. The average molecular weight is 320 g/mol. The zero-order chi connectivity index (χ0) is 15.9. The summed E-state index contributed by atoms with van der Waals surface area (Å²) in [5, 5.41) is 0.653. The number of fused-ring (bicyclic) bond motifs is 1. The first-order chi connectivity index (χ1) is 10.4. The van der Waals surface area contributed by atoms with Crippen LogP contribution in [0.2, 0.25) is 0 Å². The van der Waals surface area contributed by atoms with Crippen molar-refractivity contribution in [2.75, 3.05) is 0 Å². The van der Waals surface area contributed by atoms with E-state index in [4.69, 9.17) is 4.74 Å². The molecular formula is C16H14F2N2OS. The van der Waals surface area contributed by atoms with Crippen LogP contribution < -0.4 is 4.74 Å². The SMILES string of the molecule is CC(C)(C)c1cc2c(Oc3c(F)cccc3F)ncnc2s1. The van der Waals surface area contributed by atoms with Gasteiger partial charge >= 0.3 is 0 Å². The summed E-state index contributed by atoms with van der Waals surface area (Å²) in [7, 11) is 0. The first-order valence-corrected chi connectivity index (χ1v) is 7.55. The predicted molar refractivity (Wildman–Crippen MR) is 82.5 cm³/mol. The van der Waals surface area contributed by atoms with Gasteiger partial charge in [-0.1, -0.05) is 26.8 Å². The quantitative estimate of drug-likeness (QED) is 0.662. The number of nitrogens with zero attached hydrogens (tertiary/aromatic N) is 2. The fourth-order valence-corrected chi connectivity index (χ4v) is 3.01. The van der Waals surface area contributed by atoms with Crippen molar-refractivity contribution in [3.05, 3.63) is 47.1 Å². The zero-order valence-corrected chi connectivity index (χ0v) is 13.2. The van der Waals surface area contributed by atoms with E-state index < -0.39 is 17.4 Å². The molecule has 3 rings (SSSR count). The number of halogens is 2. The Morgan fingerprint density at radius 1 is 1.09 bits per heavy atom. The third kappa shape index (κ3) is 2.66. The third-order valence-corrected chi connectivity index (χ3v) is 4.62. The normalized spacial score (nSPS) is 11.9. The molecule has 0 atom stereocenters. The summed E-state index contributed by atoms with van der Waals surface area (Å²) in [5.41, 5.74) is -0.0497. The number of ether oxygens (including phenoxy) is 1. The molecule has 0 saturated heterocycles. The number of benzene rings is 1. The highest BCUT2D eigenvalue weighted by molar-refractivity contribution is 7.18. The standard InChI is InChI=1S/C16H14F2N2OS/c1-16(2,3)12-7-9-14(19-8-20-15(9)22-12)21-13-10(17)5-4-6-11(13)18/h4-8H,1-3H3. The molecule has 0 N–H and O–H groups in total. The number of hydrogen-bond donors (Lipinski definition) is 0. The molecule has 0 fully saturated rings. The van der Waals surface area contributed by atoms with Gasteiger partial charge in [0, 0.05) is 4.88 Å². The molecule has 0 unspecified atom stereocenters. The summed E-state index contributed by atoms with van der Waals surface area (Å²) in [6.07, 6.45) is 1.33. The van der Waals surface area contributed by atoms with Crippen LogP contribution in [0.25, 0.3) is 10.2 Å². The molecule has 22 heavy (non-hydrogen) atoms. The first-order valence-electron chi connectivity index (χ1n) is 6.73. The minimum atomic E-state index is -0.766. The molecule has 0 saturated carbocycles. The lowest BCUT2D eigenvalue weighted by atomic mass is 9.94. The van der Waals surface area contributed by atoms with Gasteiger partial charge in [0.2, 0.25) is 11.6 Å². The fraction of sp³-hybridized carbons (Fsp3) is 0.250. The second-order valence-corrected chi connectivity index (χ2v) is 6.94. The molecule has 0 aliphatic heterocycles. The summed E-state index contributed by atoms with van der Waals surface area (Å²) in [6, 6.07) is 5.49. The lowest BCUT2D eigenvalue weighted by Crippen LogP contribution is -2.07. The Morgan fingerprint density at radius 2 is 1.77 bits per heavy atom. The molecule has 2 aromatic heterocycles. The molecular weight excluding hydrogens is 306 g/mol. The molecule has 3 nitrogen and oxygen atoms in total. The van der Waals surface area contributed by atoms with Crippen molar-refractivity contribution in [3.8, 4) is 11.6 Å². The Bertz CT molecular complexity index is 820. The van der Waals surface area contributed by atoms with E-state index in [9.17, 15) is 8.78 Å². The topological polar surface area (TPSA) is 35.0 Å². The minimum Gasteiger partial charge on any atom is -0.432 e. The highest BCUT2D eigenvalue weighted by Gasteiger charge is 2.20. The van der Waals surface area contributed by atoms with E-state index in [1.807, 2.05) is 6.07 Å². The molecule has 0 aliphatic rings. The Kier molecular flexibility index (Phi) is 3.56. The van der Waals surface area contributed by atoms with E-state index in [-0.39, 0.29) is 11.3 Å². The third-order valence-electron chi connectivity index (χ3n) is 3.15. The van der Waals surface area contributed by atoms with Gasteiger partial charge < -0.3 is 4.74 Å². The fourth-order valence-electron chi connectivity index (χ4n) is 1.96. The molecule has 0 radical (unpaired) electrons. The molecule has 1 aromatic carbocycles. The van der Waals surface area contributed by atoms with Gasteiger partial charge in [-0.05, 0) is 23.6 Å². The highest BCUT2D eigenvalue weighted by Crippen LogP contribution is 2.38. The molecule has 2 heterocycles. The summed E-state index contributed by atoms with van der Waals surface area (Å²) >= 11 is 1.52. The molecule has 0 spiro atoms. The van der Waals surface area contributed by atoms with Crippen LogP contribution in [0.3, 0.4) is 0 Å². The summed E-state index contributed by atoms with van der Waals surface area (Å²) in [6.45, 7) is 6.26. The number of para-hydroxylation sites is 1. The van der Waals surface area contributed by atoms with E-state index in [1.165, 1.54) is 23.7 Å². The van der Waals surface area contributed by atoms with Crippen molar-refractivity contribution in [1.29, 1.82) is 0 Å². The van der Waals surface area contributed by atoms with Crippen LogP contribution in [-0.4, -0.2) is 9.97 Å². The molecule has 0 amide bonds. The van der Waals surface area contributed by atoms with Crippen LogP contribution in [0.15, 0.2) is 30.6 Å². The van der Waals surface area contributed by atoms with Gasteiger partial charge in [0.05, 0.1) is 5.39 Å². The maximum atomic E-state index is 13.7. The van der Waals surface area contributed by atoms with Crippen LogP contribution in [0, 0.1) is 11.6 Å². The van der Waals surface area contributed by atoms with Gasteiger partial charge in [-0.3, -0.25) is 0 Å². The lowest BCUT2D eigenvalue weighted by Gasteiger charge is -2.14. The van der Waals surface area contributed by atoms with Gasteiger partial charge in [0.25, 0.3) is 0 Å².